The summed E-state index contributed by atoms with van der Waals surface area (Å²) in [6.45, 7) is 8.25. The molecule has 1 atom stereocenters. The zero-order valence-corrected chi connectivity index (χ0v) is 10.2. The maximum atomic E-state index is 8.90. The van der Waals surface area contributed by atoms with Crippen LogP contribution in [-0.4, -0.2) is 24.8 Å². The Morgan fingerprint density at radius 2 is 2.00 bits per heavy atom. The molecule has 0 amide bonds. The van der Waals surface area contributed by atoms with Gasteiger partial charge in [-0.2, -0.15) is 0 Å². The minimum atomic E-state index is 0.126. The van der Waals surface area contributed by atoms with Crippen molar-refractivity contribution in [2.24, 2.45) is 0 Å². The second kappa shape index (κ2) is 12.4. The first kappa shape index (κ1) is 15.9. The van der Waals surface area contributed by atoms with Crippen molar-refractivity contribution in [3.63, 3.8) is 0 Å². The Morgan fingerprint density at radius 3 is 2.36 bits per heavy atom. The molecular formula is C12H25NO. The highest BCUT2D eigenvalue weighted by Gasteiger charge is 1.91. The quantitative estimate of drug-likeness (QED) is 0.667. The van der Waals surface area contributed by atoms with Crippen molar-refractivity contribution in [1.29, 1.82) is 0 Å². The lowest BCUT2D eigenvalue weighted by Crippen LogP contribution is -2.17. The first-order chi connectivity index (χ1) is 6.74. The van der Waals surface area contributed by atoms with Gasteiger partial charge in [0.05, 0.1) is 6.61 Å². The number of aliphatic hydroxyl groups excluding tert-OH is 1. The number of likely N-dealkylation sites (N-methyl/N-ethyl adjacent to an activating group) is 1. The summed E-state index contributed by atoms with van der Waals surface area (Å²) in [5.74, 6) is 0. The Labute approximate surface area is 88.7 Å². The van der Waals surface area contributed by atoms with E-state index in [1.165, 1.54) is 0 Å². The number of allylic oxidation sites excluding steroid dienone is 1. The summed E-state index contributed by atoms with van der Waals surface area (Å²) >= 11 is 0. The lowest BCUT2D eigenvalue weighted by atomic mass is 10.2. The molecule has 0 spiro atoms. The Balaban J connectivity index is 0. The molecule has 0 fully saturated rings. The average Bonchev–Trinajstić information content (AvgIpc) is 2.26. The number of rotatable bonds is 5. The predicted octanol–water partition coefficient (Wildman–Crippen LogP) is 2.51. The van der Waals surface area contributed by atoms with Crippen molar-refractivity contribution in [2.45, 2.75) is 40.2 Å². The molecule has 0 aliphatic carbocycles. The molecule has 2 nitrogen and oxygen atoms in total. The highest BCUT2D eigenvalue weighted by Crippen LogP contribution is 1.98. The standard InChI is InChI=1S/C10H19NO.C2H6/c1-4-5-10(8-12)7-6-9(2)11-3;1-2/h5-7,9,11-12H,4,8H2,1-3H3;1-2H3/b7-6-,10-5+;. The van der Waals surface area contributed by atoms with Gasteiger partial charge >= 0.3 is 0 Å². The third kappa shape index (κ3) is 9.49. The van der Waals surface area contributed by atoms with Crippen molar-refractivity contribution in [2.75, 3.05) is 13.7 Å². The molecule has 0 aromatic rings. The van der Waals surface area contributed by atoms with Crippen LogP contribution < -0.4 is 5.32 Å². The molecule has 0 heterocycles. The number of aliphatic hydroxyl groups is 1. The number of hydrogen-bond donors (Lipinski definition) is 2. The first-order valence-corrected chi connectivity index (χ1v) is 5.40. The van der Waals surface area contributed by atoms with E-state index >= 15 is 0 Å². The van der Waals surface area contributed by atoms with Crippen LogP contribution in [0.2, 0.25) is 0 Å². The van der Waals surface area contributed by atoms with Crippen LogP contribution in [0.5, 0.6) is 0 Å². The molecule has 0 aromatic carbocycles. The second-order valence-corrected chi connectivity index (χ2v) is 2.78. The van der Waals surface area contributed by atoms with Crippen molar-refractivity contribution < 1.29 is 5.11 Å². The van der Waals surface area contributed by atoms with Crippen LogP contribution >= 0.6 is 0 Å². The average molecular weight is 199 g/mol. The van der Waals surface area contributed by atoms with Crippen LogP contribution in [0, 0.1) is 0 Å². The molecule has 0 aliphatic heterocycles. The lowest BCUT2D eigenvalue weighted by Gasteiger charge is -2.02. The molecule has 0 aliphatic rings. The van der Waals surface area contributed by atoms with Gasteiger partial charge in [-0.15, -0.1) is 0 Å². The molecule has 2 heteroatoms. The van der Waals surface area contributed by atoms with Crippen molar-refractivity contribution in [1.82, 2.24) is 5.32 Å². The summed E-state index contributed by atoms with van der Waals surface area (Å²) in [5, 5.41) is 12.0. The monoisotopic (exact) mass is 199 g/mol. The molecule has 0 saturated heterocycles. The molecule has 1 unspecified atom stereocenters. The SMILES string of the molecule is CC.CC/C=C(\C=C/C(C)NC)CO. The first-order valence-electron chi connectivity index (χ1n) is 5.40. The summed E-state index contributed by atoms with van der Waals surface area (Å²) in [6.07, 6.45) is 7.00. The molecule has 0 aromatic heterocycles. The van der Waals surface area contributed by atoms with E-state index in [1.54, 1.807) is 0 Å². The highest BCUT2D eigenvalue weighted by molar-refractivity contribution is 5.19. The van der Waals surface area contributed by atoms with E-state index in [4.69, 9.17) is 5.11 Å². The smallest absolute Gasteiger partial charge is 0.0678 e. The Morgan fingerprint density at radius 1 is 1.43 bits per heavy atom. The summed E-state index contributed by atoms with van der Waals surface area (Å²) in [7, 11) is 1.91. The van der Waals surface area contributed by atoms with Crippen molar-refractivity contribution >= 4 is 0 Å². The zero-order chi connectivity index (χ0) is 11.4. The molecular weight excluding hydrogens is 174 g/mol. The van der Waals surface area contributed by atoms with E-state index < -0.39 is 0 Å². The van der Waals surface area contributed by atoms with Gasteiger partial charge in [0.1, 0.15) is 0 Å². The van der Waals surface area contributed by atoms with Crippen LogP contribution in [0.15, 0.2) is 23.8 Å². The maximum Gasteiger partial charge on any atom is 0.0678 e. The Bertz CT molecular complexity index is 162. The van der Waals surface area contributed by atoms with E-state index in [0.29, 0.717) is 6.04 Å². The molecule has 0 bridgehead atoms. The fraction of sp³-hybridized carbons (Fsp3) is 0.667. The van der Waals surface area contributed by atoms with Gasteiger partial charge in [-0.05, 0) is 26.0 Å². The van der Waals surface area contributed by atoms with Crippen LogP contribution in [0.4, 0.5) is 0 Å². The molecule has 2 N–H and O–H groups in total. The van der Waals surface area contributed by atoms with E-state index in [9.17, 15) is 0 Å². The second-order valence-electron chi connectivity index (χ2n) is 2.78. The minimum Gasteiger partial charge on any atom is -0.392 e. The van der Waals surface area contributed by atoms with Gasteiger partial charge in [0.15, 0.2) is 0 Å². The van der Waals surface area contributed by atoms with Crippen LogP contribution in [0.1, 0.15) is 34.1 Å². The van der Waals surface area contributed by atoms with Gasteiger partial charge < -0.3 is 10.4 Å². The minimum absolute atomic E-state index is 0.126. The van der Waals surface area contributed by atoms with E-state index in [2.05, 4.69) is 19.2 Å². The van der Waals surface area contributed by atoms with Crippen molar-refractivity contribution in [3.05, 3.63) is 23.8 Å². The van der Waals surface area contributed by atoms with Gasteiger partial charge in [0.2, 0.25) is 0 Å². The topological polar surface area (TPSA) is 32.3 Å². The van der Waals surface area contributed by atoms with Crippen LogP contribution in [-0.2, 0) is 0 Å². The summed E-state index contributed by atoms with van der Waals surface area (Å²) < 4.78 is 0. The van der Waals surface area contributed by atoms with Crippen LogP contribution in [0.25, 0.3) is 0 Å². The molecule has 0 rings (SSSR count). The predicted molar refractivity (Wildman–Crippen MR) is 64.5 cm³/mol. The van der Waals surface area contributed by atoms with Crippen LogP contribution in [0.3, 0.4) is 0 Å². The highest BCUT2D eigenvalue weighted by atomic mass is 16.3. The number of hydrogen-bond acceptors (Lipinski definition) is 2. The van der Waals surface area contributed by atoms with Gasteiger partial charge in [0, 0.05) is 6.04 Å². The van der Waals surface area contributed by atoms with Gasteiger partial charge in [0.25, 0.3) is 0 Å². The summed E-state index contributed by atoms with van der Waals surface area (Å²) in [6, 6.07) is 0.358. The number of nitrogens with one attached hydrogen (secondary N) is 1. The van der Waals surface area contributed by atoms with Crippen molar-refractivity contribution in [3.8, 4) is 0 Å². The Kier molecular flexibility index (Phi) is 14.0. The molecule has 0 saturated carbocycles. The summed E-state index contributed by atoms with van der Waals surface area (Å²) in [5.41, 5.74) is 0.986. The molecule has 14 heavy (non-hydrogen) atoms. The van der Waals surface area contributed by atoms with Gasteiger partial charge in [-0.1, -0.05) is 39.0 Å². The van der Waals surface area contributed by atoms with Gasteiger partial charge in [-0.25, -0.2) is 0 Å². The normalized spacial score (nSPS) is 13.7. The fourth-order valence-corrected chi connectivity index (χ4v) is 0.812. The Hall–Kier alpha value is -0.600. The lowest BCUT2D eigenvalue weighted by molar-refractivity contribution is 0.334. The third-order valence-electron chi connectivity index (χ3n) is 1.70. The molecule has 84 valence electrons. The third-order valence-corrected chi connectivity index (χ3v) is 1.70. The van der Waals surface area contributed by atoms with E-state index in [0.717, 1.165) is 12.0 Å². The maximum absolute atomic E-state index is 8.90. The zero-order valence-electron chi connectivity index (χ0n) is 10.2. The summed E-state index contributed by atoms with van der Waals surface area (Å²) in [4.78, 5) is 0. The molecule has 0 radical (unpaired) electrons. The fourth-order valence-electron chi connectivity index (χ4n) is 0.812. The van der Waals surface area contributed by atoms with Gasteiger partial charge in [-0.3, -0.25) is 0 Å². The van der Waals surface area contributed by atoms with E-state index in [-0.39, 0.29) is 6.61 Å². The van der Waals surface area contributed by atoms with E-state index in [1.807, 2.05) is 39.1 Å². The largest absolute Gasteiger partial charge is 0.392 e.